The number of para-hydroxylation sites is 1. The van der Waals surface area contributed by atoms with Gasteiger partial charge in [0.15, 0.2) is 0 Å². The number of carbonyl (C=O) groups is 1. The SMILES string of the molecule is O=C(c1cnc(Cl)c(Cl)c1)N1CCN(c2ccccc2Cl)CC1. The average molecular weight is 371 g/mol. The summed E-state index contributed by atoms with van der Waals surface area (Å²) in [6.07, 6.45) is 1.46. The van der Waals surface area contributed by atoms with E-state index >= 15 is 0 Å². The van der Waals surface area contributed by atoms with Crippen LogP contribution in [0.2, 0.25) is 15.2 Å². The predicted octanol–water partition coefficient (Wildman–Crippen LogP) is 4.00. The zero-order chi connectivity index (χ0) is 16.4. The molecular weight excluding hydrogens is 357 g/mol. The van der Waals surface area contributed by atoms with Crippen molar-refractivity contribution in [1.29, 1.82) is 0 Å². The zero-order valence-electron chi connectivity index (χ0n) is 12.2. The first kappa shape index (κ1) is 16.4. The van der Waals surface area contributed by atoms with Gasteiger partial charge in [0.05, 0.1) is 21.3 Å². The average Bonchev–Trinajstić information content (AvgIpc) is 2.57. The molecule has 1 aliphatic rings. The third kappa shape index (κ3) is 3.55. The maximum absolute atomic E-state index is 12.5. The molecule has 7 heteroatoms. The molecule has 0 aliphatic carbocycles. The third-order valence-electron chi connectivity index (χ3n) is 3.80. The van der Waals surface area contributed by atoms with Crippen molar-refractivity contribution in [2.45, 2.75) is 0 Å². The molecule has 1 aliphatic heterocycles. The number of nitrogens with zero attached hydrogens (tertiary/aromatic N) is 3. The fourth-order valence-electron chi connectivity index (χ4n) is 2.58. The van der Waals surface area contributed by atoms with E-state index in [0.717, 1.165) is 23.8 Å². The normalized spacial score (nSPS) is 14.9. The van der Waals surface area contributed by atoms with Crippen LogP contribution in [0.3, 0.4) is 0 Å². The van der Waals surface area contributed by atoms with Gasteiger partial charge in [0.1, 0.15) is 5.15 Å². The van der Waals surface area contributed by atoms with Crippen molar-refractivity contribution in [3.05, 3.63) is 57.3 Å². The molecule has 1 aromatic heterocycles. The van der Waals surface area contributed by atoms with Crippen molar-refractivity contribution in [3.63, 3.8) is 0 Å². The minimum atomic E-state index is -0.0881. The van der Waals surface area contributed by atoms with Crippen LogP contribution in [0.15, 0.2) is 36.5 Å². The molecule has 3 rings (SSSR count). The first-order valence-corrected chi connectivity index (χ1v) is 8.29. The molecule has 23 heavy (non-hydrogen) atoms. The number of hydrogen-bond donors (Lipinski definition) is 0. The molecule has 0 spiro atoms. The van der Waals surface area contributed by atoms with Crippen molar-refractivity contribution in [3.8, 4) is 0 Å². The number of halogens is 3. The van der Waals surface area contributed by atoms with Crippen LogP contribution < -0.4 is 4.90 Å². The maximum Gasteiger partial charge on any atom is 0.255 e. The van der Waals surface area contributed by atoms with Gasteiger partial charge < -0.3 is 9.80 Å². The summed E-state index contributed by atoms with van der Waals surface area (Å²) < 4.78 is 0. The van der Waals surface area contributed by atoms with E-state index in [4.69, 9.17) is 34.8 Å². The number of hydrogen-bond acceptors (Lipinski definition) is 3. The van der Waals surface area contributed by atoms with Gasteiger partial charge in [-0.2, -0.15) is 0 Å². The van der Waals surface area contributed by atoms with Gasteiger partial charge in [0, 0.05) is 32.4 Å². The highest BCUT2D eigenvalue weighted by molar-refractivity contribution is 6.41. The highest BCUT2D eigenvalue weighted by atomic mass is 35.5. The van der Waals surface area contributed by atoms with Gasteiger partial charge in [-0.05, 0) is 18.2 Å². The number of anilines is 1. The summed E-state index contributed by atoms with van der Waals surface area (Å²) in [5.74, 6) is -0.0881. The van der Waals surface area contributed by atoms with Gasteiger partial charge in [-0.15, -0.1) is 0 Å². The van der Waals surface area contributed by atoms with Crippen molar-refractivity contribution in [1.82, 2.24) is 9.88 Å². The summed E-state index contributed by atoms with van der Waals surface area (Å²) in [4.78, 5) is 20.4. The smallest absolute Gasteiger partial charge is 0.255 e. The molecule has 4 nitrogen and oxygen atoms in total. The highest BCUT2D eigenvalue weighted by Crippen LogP contribution is 2.26. The first-order chi connectivity index (χ1) is 11.1. The van der Waals surface area contributed by atoms with E-state index in [0.29, 0.717) is 18.7 Å². The number of amides is 1. The van der Waals surface area contributed by atoms with Crippen molar-refractivity contribution in [2.75, 3.05) is 31.1 Å². The molecule has 120 valence electrons. The zero-order valence-corrected chi connectivity index (χ0v) is 14.4. The van der Waals surface area contributed by atoms with E-state index in [1.165, 1.54) is 6.20 Å². The quantitative estimate of drug-likeness (QED) is 0.750. The molecule has 0 unspecified atom stereocenters. The Bertz CT molecular complexity index is 730. The number of benzene rings is 1. The Morgan fingerprint density at radius 1 is 1.00 bits per heavy atom. The molecule has 0 bridgehead atoms. The van der Waals surface area contributed by atoms with Crippen LogP contribution in [0.5, 0.6) is 0 Å². The lowest BCUT2D eigenvalue weighted by atomic mass is 10.2. The van der Waals surface area contributed by atoms with Crippen LogP contribution in [-0.2, 0) is 0 Å². The lowest BCUT2D eigenvalue weighted by Crippen LogP contribution is -2.48. The molecule has 2 aromatic rings. The number of pyridine rings is 1. The van der Waals surface area contributed by atoms with Crippen molar-refractivity contribution in [2.24, 2.45) is 0 Å². The third-order valence-corrected chi connectivity index (χ3v) is 4.81. The summed E-state index contributed by atoms with van der Waals surface area (Å²) in [6.45, 7) is 2.68. The molecule has 1 aromatic carbocycles. The summed E-state index contributed by atoms with van der Waals surface area (Å²) in [5, 5.41) is 1.21. The monoisotopic (exact) mass is 369 g/mol. The predicted molar refractivity (Wildman–Crippen MR) is 93.8 cm³/mol. The second-order valence-corrected chi connectivity index (χ2v) is 6.40. The Morgan fingerprint density at radius 2 is 1.70 bits per heavy atom. The van der Waals surface area contributed by atoms with Gasteiger partial charge in [0.25, 0.3) is 5.91 Å². The summed E-state index contributed by atoms with van der Waals surface area (Å²) >= 11 is 17.9. The lowest BCUT2D eigenvalue weighted by Gasteiger charge is -2.36. The van der Waals surface area contributed by atoms with Gasteiger partial charge >= 0.3 is 0 Å². The fourth-order valence-corrected chi connectivity index (χ4v) is 3.10. The lowest BCUT2D eigenvalue weighted by molar-refractivity contribution is 0.0746. The number of rotatable bonds is 2. The Labute approximate surface area is 149 Å². The summed E-state index contributed by atoms with van der Waals surface area (Å²) in [6, 6.07) is 9.28. The Morgan fingerprint density at radius 3 is 2.35 bits per heavy atom. The molecule has 0 saturated carbocycles. The van der Waals surface area contributed by atoms with Crippen LogP contribution in [0.25, 0.3) is 0 Å². The van der Waals surface area contributed by atoms with Crippen LogP contribution in [0, 0.1) is 0 Å². The number of piperazine rings is 1. The number of aromatic nitrogens is 1. The van der Waals surface area contributed by atoms with Crippen molar-refractivity contribution >= 4 is 46.4 Å². The van der Waals surface area contributed by atoms with E-state index in [9.17, 15) is 4.79 Å². The second-order valence-electron chi connectivity index (χ2n) is 5.23. The molecule has 2 heterocycles. The molecule has 0 atom stereocenters. The summed E-state index contributed by atoms with van der Waals surface area (Å²) in [7, 11) is 0. The minimum Gasteiger partial charge on any atom is -0.367 e. The second kappa shape index (κ2) is 6.95. The molecule has 1 fully saturated rings. The van der Waals surface area contributed by atoms with E-state index < -0.39 is 0 Å². The Kier molecular flexibility index (Phi) is 4.95. The van der Waals surface area contributed by atoms with Crippen LogP contribution in [0.1, 0.15) is 10.4 Å². The van der Waals surface area contributed by atoms with Gasteiger partial charge in [-0.3, -0.25) is 4.79 Å². The number of carbonyl (C=O) groups excluding carboxylic acids is 1. The van der Waals surface area contributed by atoms with Gasteiger partial charge in [-0.25, -0.2) is 4.98 Å². The van der Waals surface area contributed by atoms with Crippen LogP contribution in [0.4, 0.5) is 5.69 Å². The van der Waals surface area contributed by atoms with Crippen molar-refractivity contribution < 1.29 is 4.79 Å². The minimum absolute atomic E-state index is 0.0881. The van der Waals surface area contributed by atoms with Gasteiger partial charge in [0.2, 0.25) is 0 Å². The van der Waals surface area contributed by atoms with E-state index in [-0.39, 0.29) is 16.1 Å². The van der Waals surface area contributed by atoms with Crippen LogP contribution in [-0.4, -0.2) is 42.0 Å². The van der Waals surface area contributed by atoms with Gasteiger partial charge in [-0.1, -0.05) is 46.9 Å². The summed E-state index contributed by atoms with van der Waals surface area (Å²) in [5.41, 5.74) is 1.45. The first-order valence-electron chi connectivity index (χ1n) is 7.16. The largest absolute Gasteiger partial charge is 0.367 e. The molecule has 0 N–H and O–H groups in total. The molecular formula is C16H14Cl3N3O. The topological polar surface area (TPSA) is 36.4 Å². The van der Waals surface area contributed by atoms with E-state index in [2.05, 4.69) is 9.88 Å². The Balaban J connectivity index is 1.68. The van der Waals surface area contributed by atoms with E-state index in [1.54, 1.807) is 11.0 Å². The van der Waals surface area contributed by atoms with E-state index in [1.807, 2.05) is 24.3 Å². The highest BCUT2D eigenvalue weighted by Gasteiger charge is 2.23. The molecule has 1 amide bonds. The molecule has 1 saturated heterocycles. The fraction of sp³-hybridized carbons (Fsp3) is 0.250. The standard InChI is InChI=1S/C16H14Cl3N3O/c17-12-3-1-2-4-14(12)21-5-7-22(8-6-21)16(23)11-9-13(18)15(19)20-10-11/h1-4,9-10H,5-8H2. The molecule has 0 radical (unpaired) electrons. The maximum atomic E-state index is 12.5. The van der Waals surface area contributed by atoms with Crippen LogP contribution >= 0.6 is 34.8 Å². The Hall–Kier alpha value is -1.49.